The van der Waals surface area contributed by atoms with Crippen LogP contribution in [0.5, 0.6) is 0 Å². The van der Waals surface area contributed by atoms with E-state index in [1.807, 2.05) is 0 Å². The summed E-state index contributed by atoms with van der Waals surface area (Å²) in [5.74, 6) is 4.04. The molecule has 162 valence electrons. The molecule has 3 aliphatic heterocycles. The third-order valence-corrected chi connectivity index (χ3v) is 8.44. The SMILES string of the molecule is CCCCCCC[C@@H]1[C@H](CCSCC(CC)=C(C)CCCC)[C@H]2O[C@@H]1[C@H]1O[C@H]12. The van der Waals surface area contributed by atoms with Crippen molar-refractivity contribution in [3.8, 4) is 0 Å². The summed E-state index contributed by atoms with van der Waals surface area (Å²) >= 11 is 2.16. The maximum absolute atomic E-state index is 6.38. The highest BCUT2D eigenvalue weighted by molar-refractivity contribution is 7.99. The molecule has 0 aliphatic carbocycles. The van der Waals surface area contributed by atoms with Crippen LogP contribution >= 0.6 is 11.8 Å². The van der Waals surface area contributed by atoms with Gasteiger partial charge in [0.15, 0.2) is 0 Å². The van der Waals surface area contributed by atoms with Gasteiger partial charge in [-0.05, 0) is 56.6 Å². The zero-order chi connectivity index (χ0) is 19.9. The molecule has 0 radical (unpaired) electrons. The van der Waals surface area contributed by atoms with Crippen molar-refractivity contribution in [2.45, 2.75) is 123 Å². The molecule has 3 aliphatic rings. The molecule has 0 N–H and O–H groups in total. The molecule has 2 nitrogen and oxygen atoms in total. The molecule has 0 spiro atoms. The van der Waals surface area contributed by atoms with E-state index in [1.165, 1.54) is 82.1 Å². The zero-order valence-electron chi connectivity index (χ0n) is 18.9. The van der Waals surface area contributed by atoms with Gasteiger partial charge in [-0.1, -0.05) is 70.4 Å². The Bertz CT molecular complexity index is 503. The number of fused-ring (bicyclic) bond motifs is 5. The topological polar surface area (TPSA) is 21.8 Å². The molecule has 0 aromatic heterocycles. The van der Waals surface area contributed by atoms with E-state index < -0.39 is 0 Å². The predicted octanol–water partition coefficient (Wildman–Crippen LogP) is 7.17. The van der Waals surface area contributed by atoms with Gasteiger partial charge in [0.2, 0.25) is 0 Å². The fourth-order valence-electron chi connectivity index (χ4n) is 5.48. The number of thioether (sulfide) groups is 1. The maximum Gasteiger partial charge on any atom is 0.113 e. The highest BCUT2D eigenvalue weighted by Gasteiger charge is 2.68. The molecule has 3 heterocycles. The number of ether oxygens (including phenoxy) is 2. The maximum atomic E-state index is 6.38. The molecular formula is C25H44O2S. The van der Waals surface area contributed by atoms with Crippen LogP contribution in [0.15, 0.2) is 11.1 Å². The summed E-state index contributed by atoms with van der Waals surface area (Å²) in [6, 6.07) is 0. The van der Waals surface area contributed by atoms with Crippen molar-refractivity contribution < 1.29 is 9.47 Å². The van der Waals surface area contributed by atoms with Crippen molar-refractivity contribution >= 4 is 11.8 Å². The van der Waals surface area contributed by atoms with Crippen LogP contribution in [-0.4, -0.2) is 35.9 Å². The minimum Gasteiger partial charge on any atom is -0.369 e. The first kappa shape index (κ1) is 22.7. The first-order valence-corrected chi connectivity index (χ1v) is 13.4. The second-order valence-corrected chi connectivity index (χ2v) is 10.4. The molecule has 0 aromatic carbocycles. The molecular weight excluding hydrogens is 364 g/mol. The number of epoxide rings is 1. The molecule has 3 rings (SSSR count). The summed E-state index contributed by atoms with van der Waals surface area (Å²) in [5.41, 5.74) is 3.35. The van der Waals surface area contributed by atoms with Crippen LogP contribution in [0.1, 0.15) is 98.3 Å². The second-order valence-electron chi connectivity index (χ2n) is 9.34. The summed E-state index contributed by atoms with van der Waals surface area (Å²) in [6.45, 7) is 9.28. The van der Waals surface area contributed by atoms with Crippen LogP contribution in [-0.2, 0) is 9.47 Å². The van der Waals surface area contributed by atoms with Gasteiger partial charge in [-0.15, -0.1) is 0 Å². The van der Waals surface area contributed by atoms with E-state index in [9.17, 15) is 0 Å². The Hall–Kier alpha value is 0.01000. The van der Waals surface area contributed by atoms with Crippen LogP contribution in [0.3, 0.4) is 0 Å². The first-order chi connectivity index (χ1) is 13.7. The molecule has 3 heteroatoms. The number of hydrogen-bond donors (Lipinski definition) is 0. The Kier molecular flexibility index (Phi) is 9.25. The quantitative estimate of drug-likeness (QED) is 0.163. The van der Waals surface area contributed by atoms with E-state index in [0.29, 0.717) is 24.4 Å². The third kappa shape index (κ3) is 5.58. The molecule has 0 amide bonds. The third-order valence-electron chi connectivity index (χ3n) is 7.37. The van der Waals surface area contributed by atoms with Gasteiger partial charge in [0.25, 0.3) is 0 Å². The summed E-state index contributed by atoms with van der Waals surface area (Å²) in [4.78, 5) is 0. The van der Waals surface area contributed by atoms with E-state index in [0.717, 1.165) is 11.8 Å². The zero-order valence-corrected chi connectivity index (χ0v) is 19.7. The van der Waals surface area contributed by atoms with E-state index in [1.54, 1.807) is 11.1 Å². The Balaban J connectivity index is 1.42. The molecule has 2 bridgehead atoms. The standard InChI is InChI=1S/C25H44O2S/c1-5-8-10-11-12-14-20-21(23-25-24(27-25)22(20)26-23)15-16-28-17-19(7-3)18(4)13-9-6-2/h20-25H,5-17H2,1-4H3/t20-,21+,22+,23-,24-,25+/m1/s1. The van der Waals surface area contributed by atoms with Gasteiger partial charge in [-0.2, -0.15) is 11.8 Å². The van der Waals surface area contributed by atoms with Crippen LogP contribution in [0.4, 0.5) is 0 Å². The molecule has 3 fully saturated rings. The smallest absolute Gasteiger partial charge is 0.113 e. The summed E-state index contributed by atoms with van der Waals surface area (Å²) in [5, 5.41) is 0. The highest BCUT2D eigenvalue weighted by atomic mass is 32.2. The van der Waals surface area contributed by atoms with Crippen molar-refractivity contribution in [3.05, 3.63) is 11.1 Å². The van der Waals surface area contributed by atoms with E-state index in [4.69, 9.17) is 9.47 Å². The average molecular weight is 409 g/mol. The van der Waals surface area contributed by atoms with Crippen molar-refractivity contribution in [1.29, 1.82) is 0 Å². The molecule has 28 heavy (non-hydrogen) atoms. The van der Waals surface area contributed by atoms with Crippen LogP contribution < -0.4 is 0 Å². The number of unbranched alkanes of at least 4 members (excludes halogenated alkanes) is 5. The first-order valence-electron chi connectivity index (χ1n) is 12.3. The fourth-order valence-corrected chi connectivity index (χ4v) is 6.76. The number of allylic oxidation sites excluding steroid dienone is 1. The second kappa shape index (κ2) is 11.4. The van der Waals surface area contributed by atoms with Crippen molar-refractivity contribution in [1.82, 2.24) is 0 Å². The normalized spacial score (nSPS) is 33.9. The monoisotopic (exact) mass is 408 g/mol. The lowest BCUT2D eigenvalue weighted by molar-refractivity contribution is 0.00588. The molecule has 3 saturated heterocycles. The Morgan fingerprint density at radius 3 is 2.07 bits per heavy atom. The highest BCUT2D eigenvalue weighted by Crippen LogP contribution is 2.56. The minimum atomic E-state index is 0.420. The predicted molar refractivity (Wildman–Crippen MR) is 122 cm³/mol. The van der Waals surface area contributed by atoms with Crippen LogP contribution in [0.2, 0.25) is 0 Å². The summed E-state index contributed by atoms with van der Waals surface area (Å²) in [6.07, 6.45) is 16.5. The van der Waals surface area contributed by atoms with Gasteiger partial charge >= 0.3 is 0 Å². The molecule has 6 atom stereocenters. The summed E-state index contributed by atoms with van der Waals surface area (Å²) in [7, 11) is 0. The largest absolute Gasteiger partial charge is 0.369 e. The molecule has 0 unspecified atom stereocenters. The minimum absolute atomic E-state index is 0.420. The number of hydrogen-bond acceptors (Lipinski definition) is 3. The van der Waals surface area contributed by atoms with Crippen LogP contribution in [0, 0.1) is 11.8 Å². The number of rotatable bonds is 15. The van der Waals surface area contributed by atoms with Gasteiger partial charge in [0.1, 0.15) is 12.2 Å². The van der Waals surface area contributed by atoms with Gasteiger partial charge in [0.05, 0.1) is 12.2 Å². The van der Waals surface area contributed by atoms with Gasteiger partial charge < -0.3 is 9.47 Å². The molecule has 0 saturated carbocycles. The van der Waals surface area contributed by atoms with Crippen molar-refractivity contribution in [2.75, 3.05) is 11.5 Å². The fraction of sp³-hybridized carbons (Fsp3) is 0.920. The van der Waals surface area contributed by atoms with E-state index in [2.05, 4.69) is 39.5 Å². The summed E-state index contributed by atoms with van der Waals surface area (Å²) < 4.78 is 12.3. The van der Waals surface area contributed by atoms with Gasteiger partial charge in [0, 0.05) is 5.75 Å². The van der Waals surface area contributed by atoms with Crippen molar-refractivity contribution in [2.24, 2.45) is 11.8 Å². The Labute approximate surface area is 178 Å². The Morgan fingerprint density at radius 1 is 0.750 bits per heavy atom. The van der Waals surface area contributed by atoms with Gasteiger partial charge in [-0.25, -0.2) is 0 Å². The Morgan fingerprint density at radius 2 is 1.39 bits per heavy atom. The van der Waals surface area contributed by atoms with Crippen molar-refractivity contribution in [3.63, 3.8) is 0 Å². The lowest BCUT2D eigenvalue weighted by atomic mass is 9.75. The average Bonchev–Trinajstić information content (AvgIpc) is 3.33. The lowest BCUT2D eigenvalue weighted by Gasteiger charge is -2.26. The molecule has 0 aromatic rings. The van der Waals surface area contributed by atoms with Gasteiger partial charge in [-0.3, -0.25) is 0 Å². The van der Waals surface area contributed by atoms with Crippen LogP contribution in [0.25, 0.3) is 0 Å². The van der Waals surface area contributed by atoms with E-state index >= 15 is 0 Å². The lowest BCUT2D eigenvalue weighted by Crippen LogP contribution is -2.33. The van der Waals surface area contributed by atoms with E-state index in [-0.39, 0.29) is 0 Å².